The highest BCUT2D eigenvalue weighted by Crippen LogP contribution is 2.46. The van der Waals surface area contributed by atoms with Crippen molar-refractivity contribution in [1.82, 2.24) is 15.2 Å². The maximum absolute atomic E-state index is 6.67. The highest BCUT2D eigenvalue weighted by atomic mass is 16.5. The largest absolute Gasteiger partial charge is 0.464 e. The van der Waals surface area contributed by atoms with Gasteiger partial charge in [0.1, 0.15) is 0 Å². The van der Waals surface area contributed by atoms with Crippen LogP contribution in [0.15, 0.2) is 143 Å². The molecule has 4 atom stereocenters. The minimum atomic E-state index is -0.116. The number of nitrogens with one attached hydrogen (secondary N) is 3. The molecule has 3 N–H and O–H groups in total. The molecule has 6 aliphatic rings. The SMILES string of the molecule is C1=CCCC(C2Nc3ccc4c(c3O2)c2ccccc2n4C2=CCC(C3C=C(C4C=CN=CC4)C=C(C4=CCNC=C4)N3)C=C2)=C1. The van der Waals surface area contributed by atoms with Gasteiger partial charge in [-0.2, -0.15) is 0 Å². The van der Waals surface area contributed by atoms with Gasteiger partial charge in [-0.3, -0.25) is 4.99 Å². The molecule has 0 fully saturated rings. The smallest absolute Gasteiger partial charge is 0.192 e. The van der Waals surface area contributed by atoms with Crippen molar-refractivity contribution >= 4 is 39.4 Å². The number of hydrogen-bond donors (Lipinski definition) is 3. The topological polar surface area (TPSA) is 62.6 Å². The first-order valence-electron chi connectivity index (χ1n) is 16.5. The molecule has 6 nitrogen and oxygen atoms in total. The monoisotopic (exact) mass is 603 g/mol. The number of nitrogens with zero attached hydrogens (tertiary/aromatic N) is 2. The van der Waals surface area contributed by atoms with E-state index >= 15 is 0 Å². The molecule has 0 radical (unpaired) electrons. The van der Waals surface area contributed by atoms with Gasteiger partial charge in [-0.05, 0) is 85.0 Å². The lowest BCUT2D eigenvalue weighted by Crippen LogP contribution is -2.37. The van der Waals surface area contributed by atoms with Crippen molar-refractivity contribution in [2.45, 2.75) is 38.0 Å². The van der Waals surface area contributed by atoms with Crippen molar-refractivity contribution in [3.63, 3.8) is 0 Å². The molecule has 2 aromatic carbocycles. The van der Waals surface area contributed by atoms with Gasteiger partial charge in [-0.1, -0.05) is 66.8 Å². The number of anilines is 1. The normalized spacial score (nSPS) is 26.3. The fraction of sp³-hybridized carbons (Fsp3) is 0.225. The number of benzene rings is 2. The second kappa shape index (κ2) is 11.3. The Labute approximate surface area is 269 Å². The molecule has 5 heterocycles. The standard InChI is InChI=1S/C40H37N5O/c1-2-6-29(7-3-1)40-44-33-14-15-37-38(39(33)46-40)32-8-4-5-9-36(32)45(37)31-12-10-27(11-13-31)34-24-30(26-16-20-41-21-17-26)25-35(43-34)28-18-22-42-23-19-28/h1-2,4-6,8-10,12-16,18-22,24-27,34,40,42-44H,3,7,11,17,23H2. The van der Waals surface area contributed by atoms with Crippen LogP contribution in [-0.4, -0.2) is 29.6 Å². The van der Waals surface area contributed by atoms with Crippen molar-refractivity contribution < 1.29 is 4.74 Å². The van der Waals surface area contributed by atoms with Crippen LogP contribution in [0.25, 0.3) is 27.5 Å². The minimum Gasteiger partial charge on any atom is -0.464 e. The van der Waals surface area contributed by atoms with Crippen molar-refractivity contribution in [2.24, 2.45) is 16.8 Å². The predicted molar refractivity (Wildman–Crippen MR) is 190 cm³/mol. The Balaban J connectivity index is 1.04. The molecule has 3 aromatic rings. The molecule has 0 saturated carbocycles. The Morgan fingerprint density at radius 3 is 2.76 bits per heavy atom. The molecule has 2 aliphatic carbocycles. The van der Waals surface area contributed by atoms with E-state index in [0.717, 1.165) is 43.7 Å². The molecule has 6 heteroatoms. The van der Waals surface area contributed by atoms with Crippen LogP contribution in [0.5, 0.6) is 5.75 Å². The second-order valence-corrected chi connectivity index (χ2v) is 12.7. The lowest BCUT2D eigenvalue weighted by molar-refractivity contribution is 0.287. The van der Waals surface area contributed by atoms with Crippen molar-refractivity contribution in [1.29, 1.82) is 0 Å². The molecule has 0 bridgehead atoms. The molecule has 0 amide bonds. The van der Waals surface area contributed by atoms with Gasteiger partial charge in [0.05, 0.1) is 28.1 Å². The Morgan fingerprint density at radius 1 is 0.957 bits per heavy atom. The Kier molecular flexibility index (Phi) is 6.65. The van der Waals surface area contributed by atoms with Crippen LogP contribution < -0.4 is 20.7 Å². The second-order valence-electron chi connectivity index (χ2n) is 12.7. The molecule has 0 spiro atoms. The summed E-state index contributed by atoms with van der Waals surface area (Å²) in [6.07, 6.45) is 35.0. The average molecular weight is 604 g/mol. The molecular weight excluding hydrogens is 566 g/mol. The number of fused-ring (bicyclic) bond motifs is 5. The lowest BCUT2D eigenvalue weighted by atomic mass is 9.83. The zero-order chi connectivity index (χ0) is 30.5. The third kappa shape index (κ3) is 4.67. The van der Waals surface area contributed by atoms with Gasteiger partial charge in [0.25, 0.3) is 0 Å². The summed E-state index contributed by atoms with van der Waals surface area (Å²) < 4.78 is 9.09. The Morgan fingerprint density at radius 2 is 1.93 bits per heavy atom. The van der Waals surface area contributed by atoms with Gasteiger partial charge in [-0.25, -0.2) is 0 Å². The summed E-state index contributed by atoms with van der Waals surface area (Å²) in [5.41, 5.74) is 9.74. The van der Waals surface area contributed by atoms with Gasteiger partial charge in [-0.15, -0.1) is 0 Å². The fourth-order valence-electron chi connectivity index (χ4n) is 7.58. The maximum Gasteiger partial charge on any atom is 0.192 e. The summed E-state index contributed by atoms with van der Waals surface area (Å²) in [5, 5.41) is 13.2. The molecule has 4 unspecified atom stereocenters. The van der Waals surface area contributed by atoms with Crippen LogP contribution in [0.3, 0.4) is 0 Å². The van der Waals surface area contributed by atoms with Gasteiger partial charge in [0.2, 0.25) is 0 Å². The zero-order valence-electron chi connectivity index (χ0n) is 25.7. The number of aromatic nitrogens is 1. The highest BCUT2D eigenvalue weighted by molar-refractivity contribution is 6.15. The van der Waals surface area contributed by atoms with E-state index in [1.54, 1.807) is 0 Å². The predicted octanol–water partition coefficient (Wildman–Crippen LogP) is 8.05. The van der Waals surface area contributed by atoms with E-state index in [2.05, 4.69) is 129 Å². The Bertz CT molecular complexity index is 2060. The zero-order valence-corrected chi connectivity index (χ0v) is 25.7. The summed E-state index contributed by atoms with van der Waals surface area (Å²) >= 11 is 0. The van der Waals surface area contributed by atoms with Crippen molar-refractivity contribution in [2.75, 3.05) is 11.9 Å². The molecule has 228 valence electrons. The van der Waals surface area contributed by atoms with E-state index in [-0.39, 0.29) is 12.3 Å². The summed E-state index contributed by atoms with van der Waals surface area (Å²) in [6.45, 7) is 0.846. The summed E-state index contributed by atoms with van der Waals surface area (Å²) in [6, 6.07) is 13.3. The number of dihydropyridines is 2. The summed E-state index contributed by atoms with van der Waals surface area (Å²) in [5.74, 6) is 1.64. The van der Waals surface area contributed by atoms with E-state index in [4.69, 9.17) is 4.74 Å². The van der Waals surface area contributed by atoms with Crippen LogP contribution in [0.4, 0.5) is 5.69 Å². The van der Waals surface area contributed by atoms with Gasteiger partial charge in [0.15, 0.2) is 12.0 Å². The van der Waals surface area contributed by atoms with Crippen LogP contribution in [0, 0.1) is 11.8 Å². The summed E-state index contributed by atoms with van der Waals surface area (Å²) in [4.78, 5) is 4.32. The van der Waals surface area contributed by atoms with E-state index in [0.29, 0.717) is 11.8 Å². The fourth-order valence-corrected chi connectivity index (χ4v) is 7.58. The van der Waals surface area contributed by atoms with Crippen LogP contribution in [-0.2, 0) is 0 Å². The molecular formula is C40H37N5O. The van der Waals surface area contributed by atoms with Gasteiger partial charge in [0, 0.05) is 47.6 Å². The molecule has 0 saturated heterocycles. The van der Waals surface area contributed by atoms with Gasteiger partial charge < -0.3 is 25.3 Å². The van der Waals surface area contributed by atoms with Crippen molar-refractivity contribution in [3.8, 4) is 5.75 Å². The third-order valence-corrected chi connectivity index (χ3v) is 9.96. The average Bonchev–Trinajstić information content (AvgIpc) is 3.72. The first-order valence-corrected chi connectivity index (χ1v) is 16.5. The van der Waals surface area contributed by atoms with E-state index < -0.39 is 0 Å². The van der Waals surface area contributed by atoms with E-state index in [1.807, 2.05) is 18.6 Å². The van der Waals surface area contributed by atoms with Crippen molar-refractivity contribution in [3.05, 3.63) is 138 Å². The maximum atomic E-state index is 6.67. The first-order chi connectivity index (χ1) is 22.8. The molecule has 9 rings (SSSR count). The number of aliphatic imine (C=N–C) groups is 1. The Hall–Kier alpha value is -5.23. The minimum absolute atomic E-state index is 0.116. The van der Waals surface area contributed by atoms with E-state index in [9.17, 15) is 0 Å². The number of ether oxygens (including phenoxy) is 1. The lowest BCUT2D eigenvalue weighted by Gasteiger charge is -2.33. The number of para-hydroxylation sites is 1. The molecule has 4 aliphatic heterocycles. The third-order valence-electron chi connectivity index (χ3n) is 9.96. The molecule has 46 heavy (non-hydrogen) atoms. The quantitative estimate of drug-likeness (QED) is 0.276. The van der Waals surface area contributed by atoms with E-state index in [1.165, 1.54) is 49.9 Å². The number of rotatable bonds is 5. The highest BCUT2D eigenvalue weighted by Gasteiger charge is 2.31. The number of hydrogen-bond acceptors (Lipinski definition) is 5. The molecule has 1 aromatic heterocycles. The van der Waals surface area contributed by atoms with Crippen LogP contribution in [0.2, 0.25) is 0 Å². The van der Waals surface area contributed by atoms with Crippen LogP contribution >= 0.6 is 0 Å². The van der Waals surface area contributed by atoms with Crippen LogP contribution in [0.1, 0.15) is 25.7 Å². The first kappa shape index (κ1) is 27.1. The summed E-state index contributed by atoms with van der Waals surface area (Å²) in [7, 11) is 0. The van der Waals surface area contributed by atoms with Gasteiger partial charge >= 0.3 is 0 Å². The number of allylic oxidation sites excluding steroid dienone is 10.